The molecule has 33 heavy (non-hydrogen) atoms. The zero-order valence-electron chi connectivity index (χ0n) is 18.2. The summed E-state index contributed by atoms with van der Waals surface area (Å²) >= 11 is 0. The van der Waals surface area contributed by atoms with E-state index in [9.17, 15) is 13.5 Å². The molecule has 0 aliphatic rings. The first-order chi connectivity index (χ1) is 15.9. The molecule has 4 aromatic rings. The van der Waals surface area contributed by atoms with Crippen LogP contribution in [0.4, 0.5) is 5.69 Å². The summed E-state index contributed by atoms with van der Waals surface area (Å²) in [6.07, 6.45) is -0.797. The molecule has 8 nitrogen and oxygen atoms in total. The predicted molar refractivity (Wildman–Crippen MR) is 128 cm³/mol. The summed E-state index contributed by atoms with van der Waals surface area (Å²) < 4.78 is 33.3. The molecule has 0 amide bonds. The van der Waals surface area contributed by atoms with Crippen molar-refractivity contribution in [2.45, 2.75) is 17.9 Å². The smallest absolute Gasteiger partial charge is 0.261 e. The van der Waals surface area contributed by atoms with Gasteiger partial charge in [0.25, 0.3) is 10.0 Å². The number of hydrogen-bond acceptors (Lipinski definition) is 6. The first-order valence-corrected chi connectivity index (χ1v) is 12.0. The van der Waals surface area contributed by atoms with Crippen LogP contribution in [-0.4, -0.2) is 43.4 Å². The van der Waals surface area contributed by atoms with Crippen LogP contribution in [0, 0.1) is 6.92 Å². The number of aliphatic hydroxyl groups is 1. The molecule has 0 aliphatic carbocycles. The standard InChI is InChI=1S/C24H26N4O4S/c1-17-22-11-10-20(15-23(22)27-26-17)32-13-12-25-16-24(29)18-6-5-7-19(14-18)28-33(30,31)21-8-3-2-4-9-21/h2-11,14-15,24-25,28-29H,12-13,16H2,1H3,(H,26,27)/t24-/m0/s1. The number of nitrogens with one attached hydrogen (secondary N) is 3. The molecular weight excluding hydrogens is 440 g/mol. The van der Waals surface area contributed by atoms with Crippen molar-refractivity contribution in [3.05, 3.63) is 84.1 Å². The van der Waals surface area contributed by atoms with Gasteiger partial charge < -0.3 is 15.2 Å². The van der Waals surface area contributed by atoms with Gasteiger partial charge in [0.1, 0.15) is 12.4 Å². The minimum atomic E-state index is -3.69. The average molecular weight is 467 g/mol. The summed E-state index contributed by atoms with van der Waals surface area (Å²) in [5.74, 6) is 0.731. The monoisotopic (exact) mass is 466 g/mol. The SMILES string of the molecule is Cc1[nH]nc2cc(OCCNC[C@H](O)c3cccc(NS(=O)(=O)c4ccccc4)c3)ccc12. The molecule has 0 spiro atoms. The molecule has 0 bridgehead atoms. The van der Waals surface area contributed by atoms with Crippen molar-refractivity contribution >= 4 is 26.6 Å². The van der Waals surface area contributed by atoms with Crippen LogP contribution in [0.1, 0.15) is 17.4 Å². The largest absolute Gasteiger partial charge is 0.492 e. The molecule has 1 atom stereocenters. The number of rotatable bonds is 10. The Kier molecular flexibility index (Phi) is 6.93. The molecule has 1 heterocycles. The van der Waals surface area contributed by atoms with Crippen molar-refractivity contribution in [3.8, 4) is 5.75 Å². The van der Waals surface area contributed by atoms with Crippen molar-refractivity contribution < 1.29 is 18.3 Å². The molecule has 0 saturated carbocycles. The number of sulfonamides is 1. The minimum Gasteiger partial charge on any atom is -0.492 e. The predicted octanol–water partition coefficient (Wildman–Crippen LogP) is 3.37. The van der Waals surface area contributed by atoms with Crippen LogP contribution in [0.2, 0.25) is 0 Å². The molecule has 4 rings (SSSR count). The highest BCUT2D eigenvalue weighted by Crippen LogP contribution is 2.22. The molecule has 0 unspecified atom stereocenters. The maximum absolute atomic E-state index is 12.5. The van der Waals surface area contributed by atoms with Crippen LogP contribution in [0.5, 0.6) is 5.75 Å². The Bertz CT molecular complexity index is 1320. The van der Waals surface area contributed by atoms with Crippen LogP contribution < -0.4 is 14.8 Å². The van der Waals surface area contributed by atoms with Gasteiger partial charge in [0.15, 0.2) is 0 Å². The van der Waals surface area contributed by atoms with Crippen molar-refractivity contribution in [2.75, 3.05) is 24.4 Å². The summed E-state index contributed by atoms with van der Waals surface area (Å²) in [6.45, 7) is 3.24. The Morgan fingerprint density at radius 3 is 2.70 bits per heavy atom. The quantitative estimate of drug-likeness (QED) is 0.266. The molecule has 0 saturated heterocycles. The third-order valence-electron chi connectivity index (χ3n) is 5.18. The first kappa shape index (κ1) is 22.8. The van der Waals surface area contributed by atoms with E-state index in [0.29, 0.717) is 30.9 Å². The number of H-pyrrole nitrogens is 1. The van der Waals surface area contributed by atoms with Crippen LogP contribution in [-0.2, 0) is 10.0 Å². The van der Waals surface area contributed by atoms with Gasteiger partial charge in [-0.05, 0) is 48.9 Å². The lowest BCUT2D eigenvalue weighted by atomic mass is 10.1. The van der Waals surface area contributed by atoms with E-state index in [0.717, 1.165) is 22.3 Å². The number of nitrogens with zero attached hydrogens (tertiary/aromatic N) is 1. The third-order valence-corrected chi connectivity index (χ3v) is 6.58. The van der Waals surface area contributed by atoms with E-state index in [-0.39, 0.29) is 4.90 Å². The van der Waals surface area contributed by atoms with Gasteiger partial charge in [-0.3, -0.25) is 9.82 Å². The van der Waals surface area contributed by atoms with Crippen molar-refractivity contribution in [2.24, 2.45) is 0 Å². The van der Waals surface area contributed by atoms with Crippen molar-refractivity contribution in [1.82, 2.24) is 15.5 Å². The molecule has 0 radical (unpaired) electrons. The lowest BCUT2D eigenvalue weighted by Crippen LogP contribution is -2.26. The van der Waals surface area contributed by atoms with Gasteiger partial charge in [-0.15, -0.1) is 0 Å². The summed E-state index contributed by atoms with van der Waals surface area (Å²) in [7, 11) is -3.69. The summed E-state index contributed by atoms with van der Waals surface area (Å²) in [5, 5.41) is 21.9. The number of benzene rings is 3. The second-order valence-electron chi connectivity index (χ2n) is 7.64. The van der Waals surface area contributed by atoms with E-state index in [4.69, 9.17) is 4.74 Å². The lowest BCUT2D eigenvalue weighted by Gasteiger charge is -2.15. The Morgan fingerprint density at radius 2 is 1.88 bits per heavy atom. The Balaban J connectivity index is 1.26. The molecule has 3 aromatic carbocycles. The van der Waals surface area contributed by atoms with Gasteiger partial charge in [0.05, 0.1) is 16.5 Å². The second kappa shape index (κ2) is 10.0. The van der Waals surface area contributed by atoms with E-state index < -0.39 is 16.1 Å². The van der Waals surface area contributed by atoms with E-state index >= 15 is 0 Å². The number of fused-ring (bicyclic) bond motifs is 1. The highest BCUT2D eigenvalue weighted by Gasteiger charge is 2.15. The van der Waals surface area contributed by atoms with Crippen LogP contribution in [0.25, 0.3) is 10.9 Å². The molecule has 0 fully saturated rings. The fraction of sp³-hybridized carbons (Fsp3) is 0.208. The number of ether oxygens (including phenoxy) is 1. The normalized spacial score (nSPS) is 12.5. The van der Waals surface area contributed by atoms with Gasteiger partial charge in [0, 0.05) is 35.9 Å². The van der Waals surface area contributed by atoms with Gasteiger partial charge in [-0.1, -0.05) is 30.3 Å². The minimum absolute atomic E-state index is 0.180. The number of aliphatic hydroxyl groups excluding tert-OH is 1. The summed E-state index contributed by atoms with van der Waals surface area (Å²) in [6, 6.07) is 20.6. The zero-order chi connectivity index (χ0) is 23.3. The van der Waals surface area contributed by atoms with Crippen LogP contribution in [0.3, 0.4) is 0 Å². The molecule has 0 aliphatic heterocycles. The highest BCUT2D eigenvalue weighted by molar-refractivity contribution is 7.92. The third kappa shape index (κ3) is 5.70. The average Bonchev–Trinajstić information content (AvgIpc) is 3.19. The molecule has 4 N–H and O–H groups in total. The highest BCUT2D eigenvalue weighted by atomic mass is 32.2. The molecule has 172 valence electrons. The van der Waals surface area contributed by atoms with Gasteiger partial charge >= 0.3 is 0 Å². The maximum Gasteiger partial charge on any atom is 0.261 e. The van der Waals surface area contributed by atoms with E-state index in [1.807, 2.05) is 25.1 Å². The maximum atomic E-state index is 12.5. The Hall–Kier alpha value is -3.40. The van der Waals surface area contributed by atoms with E-state index in [1.165, 1.54) is 12.1 Å². The van der Waals surface area contributed by atoms with Crippen LogP contribution >= 0.6 is 0 Å². The zero-order valence-corrected chi connectivity index (χ0v) is 19.0. The fourth-order valence-corrected chi connectivity index (χ4v) is 4.51. The number of hydrogen-bond donors (Lipinski definition) is 4. The Morgan fingerprint density at radius 1 is 1.06 bits per heavy atom. The number of aromatic amines is 1. The van der Waals surface area contributed by atoms with Gasteiger partial charge in [-0.2, -0.15) is 5.10 Å². The molecular formula is C24H26N4O4S. The van der Waals surface area contributed by atoms with Gasteiger partial charge in [0.2, 0.25) is 0 Å². The molecule has 1 aromatic heterocycles. The Labute approximate surface area is 192 Å². The van der Waals surface area contributed by atoms with Crippen molar-refractivity contribution in [3.63, 3.8) is 0 Å². The van der Waals surface area contributed by atoms with Crippen LogP contribution in [0.15, 0.2) is 77.7 Å². The molecule has 9 heteroatoms. The number of aromatic nitrogens is 2. The first-order valence-electron chi connectivity index (χ1n) is 10.6. The number of anilines is 1. The summed E-state index contributed by atoms with van der Waals surface area (Å²) in [5.41, 5.74) is 2.87. The van der Waals surface area contributed by atoms with E-state index in [1.54, 1.807) is 42.5 Å². The second-order valence-corrected chi connectivity index (χ2v) is 9.32. The van der Waals surface area contributed by atoms with E-state index in [2.05, 4.69) is 20.2 Å². The number of aryl methyl sites for hydroxylation is 1. The lowest BCUT2D eigenvalue weighted by molar-refractivity contribution is 0.172. The topological polar surface area (TPSA) is 116 Å². The van der Waals surface area contributed by atoms with Gasteiger partial charge in [-0.25, -0.2) is 8.42 Å². The fourth-order valence-electron chi connectivity index (χ4n) is 3.44. The summed E-state index contributed by atoms with van der Waals surface area (Å²) in [4.78, 5) is 0.180. The van der Waals surface area contributed by atoms with Crippen molar-refractivity contribution in [1.29, 1.82) is 0 Å².